The first-order valence-electron chi connectivity index (χ1n) is 9.55. The minimum absolute atomic E-state index is 0.560. The molecule has 0 atom stereocenters. The van der Waals surface area contributed by atoms with Crippen LogP contribution in [0.2, 0.25) is 0 Å². The van der Waals surface area contributed by atoms with Crippen molar-refractivity contribution in [3.05, 3.63) is 96.1 Å². The molecule has 6 nitrogen and oxygen atoms in total. The second-order valence-electron chi connectivity index (χ2n) is 6.91. The number of para-hydroxylation sites is 2. The van der Waals surface area contributed by atoms with Crippen molar-refractivity contribution < 1.29 is 10.0 Å². The molecule has 1 aromatic heterocycles. The fourth-order valence-electron chi connectivity index (χ4n) is 3.40. The molecule has 1 amide bonds. The highest BCUT2D eigenvalue weighted by atomic mass is 16.5. The van der Waals surface area contributed by atoms with Crippen molar-refractivity contribution in [2.45, 2.75) is 6.54 Å². The predicted molar refractivity (Wildman–Crippen MR) is 120 cm³/mol. The van der Waals surface area contributed by atoms with E-state index in [1.807, 2.05) is 60.7 Å². The number of anilines is 1. The normalized spacial score (nSPS) is 11.1. The summed E-state index contributed by atoms with van der Waals surface area (Å²) in [5, 5.41) is 13.1. The Morgan fingerprint density at radius 2 is 1.73 bits per heavy atom. The number of aromatic nitrogens is 1. The molecule has 0 aliphatic heterocycles. The second-order valence-corrected chi connectivity index (χ2v) is 6.91. The maximum atomic E-state index is 11.1. The van der Waals surface area contributed by atoms with Crippen molar-refractivity contribution in [1.29, 1.82) is 0 Å². The zero-order valence-electron chi connectivity index (χ0n) is 16.2. The molecule has 0 fully saturated rings. The van der Waals surface area contributed by atoms with Gasteiger partial charge < -0.3 is 11.2 Å². The Hall–Kier alpha value is -4.03. The molecule has 4 aromatic rings. The van der Waals surface area contributed by atoms with E-state index in [9.17, 15) is 4.79 Å². The smallest absolute Gasteiger partial charge is 0.267 e. The zero-order chi connectivity index (χ0) is 20.9. The molecular weight excluding hydrogens is 376 g/mol. The number of nitrogen functional groups attached to an aromatic ring is 1. The topological polar surface area (TPSA) is 92.3 Å². The van der Waals surface area contributed by atoms with Crippen LogP contribution in [0.25, 0.3) is 28.2 Å². The number of nitrogens with one attached hydrogen (secondary N) is 2. The van der Waals surface area contributed by atoms with Gasteiger partial charge in [0.15, 0.2) is 0 Å². The van der Waals surface area contributed by atoms with Crippen molar-refractivity contribution in [3.8, 4) is 11.3 Å². The van der Waals surface area contributed by atoms with Crippen molar-refractivity contribution in [1.82, 2.24) is 10.2 Å². The number of fused-ring (bicyclic) bond motifs is 1. The van der Waals surface area contributed by atoms with Gasteiger partial charge in [-0.05, 0) is 35.4 Å². The van der Waals surface area contributed by atoms with E-state index in [1.54, 1.807) is 16.2 Å². The molecule has 0 bridgehead atoms. The zero-order valence-corrected chi connectivity index (χ0v) is 16.2. The Morgan fingerprint density at radius 1 is 1.00 bits per heavy atom. The van der Waals surface area contributed by atoms with E-state index in [0.717, 1.165) is 39.0 Å². The molecule has 30 heavy (non-hydrogen) atoms. The minimum atomic E-state index is -0.560. The predicted octanol–water partition coefficient (Wildman–Crippen LogP) is 4.15. The number of rotatable bonds is 6. The van der Waals surface area contributed by atoms with E-state index < -0.39 is 5.91 Å². The molecule has 0 unspecified atom stereocenters. The largest absolute Gasteiger partial charge is 0.380 e. The van der Waals surface area contributed by atoms with Crippen LogP contribution in [-0.4, -0.2) is 15.8 Å². The molecule has 0 aliphatic carbocycles. The Labute approximate surface area is 174 Å². The van der Waals surface area contributed by atoms with Gasteiger partial charge in [-0.2, -0.15) is 0 Å². The molecule has 4 rings (SSSR count). The summed E-state index contributed by atoms with van der Waals surface area (Å²) in [6.45, 7) is 0.642. The van der Waals surface area contributed by atoms with E-state index in [2.05, 4.69) is 23.5 Å². The van der Waals surface area contributed by atoms with Gasteiger partial charge in [-0.3, -0.25) is 14.7 Å². The van der Waals surface area contributed by atoms with Gasteiger partial charge in [-0.1, -0.05) is 60.7 Å². The maximum absolute atomic E-state index is 11.1. The van der Waals surface area contributed by atoms with Crippen molar-refractivity contribution >= 4 is 28.6 Å². The number of hydrogen-bond acceptors (Lipinski definition) is 4. The SMILES string of the molecule is Nn1c(-c2ccccc2NCc2ccc(/C=C/C(=O)NO)cc2)cc2ccccc21. The molecule has 0 aliphatic rings. The van der Waals surface area contributed by atoms with E-state index >= 15 is 0 Å². The average Bonchev–Trinajstić information content (AvgIpc) is 3.13. The van der Waals surface area contributed by atoms with Crippen molar-refractivity contribution in [3.63, 3.8) is 0 Å². The van der Waals surface area contributed by atoms with Crippen molar-refractivity contribution in [2.24, 2.45) is 0 Å². The maximum Gasteiger partial charge on any atom is 0.267 e. The standard InChI is InChI=1S/C24H22N4O2/c25-28-22-8-4-1-5-19(22)15-23(28)20-6-2-3-7-21(20)26-16-18-11-9-17(10-12-18)13-14-24(29)27-30/h1-15,26,30H,16,25H2,(H,27,29)/b14-13+. The molecular formula is C24H22N4O2. The fourth-order valence-corrected chi connectivity index (χ4v) is 3.40. The third kappa shape index (κ3) is 4.04. The molecule has 0 saturated heterocycles. The lowest BCUT2D eigenvalue weighted by atomic mass is 10.1. The molecule has 5 N–H and O–H groups in total. The van der Waals surface area contributed by atoms with E-state index in [0.29, 0.717) is 6.54 Å². The van der Waals surface area contributed by atoms with Crippen molar-refractivity contribution in [2.75, 3.05) is 11.2 Å². The first-order valence-corrected chi connectivity index (χ1v) is 9.55. The van der Waals surface area contributed by atoms with Crippen LogP contribution in [0.5, 0.6) is 0 Å². The lowest BCUT2D eigenvalue weighted by molar-refractivity contribution is -0.124. The Morgan fingerprint density at radius 3 is 2.50 bits per heavy atom. The molecule has 0 saturated carbocycles. The van der Waals surface area contributed by atoms with E-state index in [1.165, 1.54) is 6.08 Å². The number of hydroxylamine groups is 1. The Balaban J connectivity index is 1.53. The number of amides is 1. The summed E-state index contributed by atoms with van der Waals surface area (Å²) in [6, 6.07) is 26.1. The van der Waals surface area contributed by atoms with Crippen LogP contribution >= 0.6 is 0 Å². The lowest BCUT2D eigenvalue weighted by Crippen LogP contribution is -2.14. The molecule has 150 valence electrons. The van der Waals surface area contributed by atoms with Gasteiger partial charge in [0, 0.05) is 29.3 Å². The highest BCUT2D eigenvalue weighted by molar-refractivity contribution is 5.91. The number of benzene rings is 3. The van der Waals surface area contributed by atoms with Crippen LogP contribution in [0.15, 0.2) is 84.9 Å². The number of carbonyl (C=O) groups excluding carboxylic acids is 1. The summed E-state index contributed by atoms with van der Waals surface area (Å²) >= 11 is 0. The van der Waals surface area contributed by atoms with Gasteiger partial charge in [0.2, 0.25) is 0 Å². The third-order valence-electron chi connectivity index (χ3n) is 4.95. The van der Waals surface area contributed by atoms with Crippen LogP contribution in [0, 0.1) is 0 Å². The van der Waals surface area contributed by atoms with Crippen LogP contribution < -0.4 is 16.6 Å². The van der Waals surface area contributed by atoms with Gasteiger partial charge in [-0.15, -0.1) is 0 Å². The van der Waals surface area contributed by atoms with Crippen LogP contribution in [0.4, 0.5) is 5.69 Å². The van der Waals surface area contributed by atoms with Gasteiger partial charge >= 0.3 is 0 Å². The van der Waals surface area contributed by atoms with Gasteiger partial charge in [0.1, 0.15) is 0 Å². The van der Waals surface area contributed by atoms with Gasteiger partial charge in [-0.25, -0.2) is 5.48 Å². The van der Waals surface area contributed by atoms with Gasteiger partial charge in [0.25, 0.3) is 5.91 Å². The second kappa shape index (κ2) is 8.55. The number of nitrogens with zero attached hydrogens (tertiary/aromatic N) is 1. The molecule has 6 heteroatoms. The number of hydrogen-bond donors (Lipinski definition) is 4. The minimum Gasteiger partial charge on any atom is -0.380 e. The summed E-state index contributed by atoms with van der Waals surface area (Å²) in [5.41, 5.74) is 7.50. The molecule has 0 radical (unpaired) electrons. The summed E-state index contributed by atoms with van der Waals surface area (Å²) in [7, 11) is 0. The first kappa shape index (κ1) is 19.3. The summed E-state index contributed by atoms with van der Waals surface area (Å²) in [6.07, 6.45) is 2.91. The van der Waals surface area contributed by atoms with E-state index in [-0.39, 0.29) is 0 Å². The molecule has 3 aromatic carbocycles. The number of nitrogens with two attached hydrogens (primary N) is 1. The fraction of sp³-hybridized carbons (Fsp3) is 0.0417. The average molecular weight is 398 g/mol. The Kier molecular flexibility index (Phi) is 5.50. The Bertz CT molecular complexity index is 1210. The molecule has 1 heterocycles. The lowest BCUT2D eigenvalue weighted by Gasteiger charge is -2.13. The number of carbonyl (C=O) groups is 1. The third-order valence-corrected chi connectivity index (χ3v) is 4.95. The summed E-state index contributed by atoms with van der Waals surface area (Å²) in [4.78, 5) is 11.1. The van der Waals surface area contributed by atoms with Crippen LogP contribution in [0.3, 0.4) is 0 Å². The van der Waals surface area contributed by atoms with Gasteiger partial charge in [0.05, 0.1) is 11.2 Å². The van der Waals surface area contributed by atoms with Crippen LogP contribution in [-0.2, 0) is 11.3 Å². The highest BCUT2D eigenvalue weighted by Gasteiger charge is 2.11. The van der Waals surface area contributed by atoms with E-state index in [4.69, 9.17) is 11.0 Å². The highest BCUT2D eigenvalue weighted by Crippen LogP contribution is 2.31. The monoisotopic (exact) mass is 398 g/mol. The summed E-state index contributed by atoms with van der Waals surface area (Å²) in [5.74, 6) is 5.80. The quantitative estimate of drug-likeness (QED) is 0.170. The summed E-state index contributed by atoms with van der Waals surface area (Å²) < 4.78 is 1.72. The molecule has 0 spiro atoms. The first-order chi connectivity index (χ1) is 14.7. The van der Waals surface area contributed by atoms with Crippen LogP contribution in [0.1, 0.15) is 11.1 Å².